The van der Waals surface area contributed by atoms with Crippen molar-refractivity contribution in [2.45, 2.75) is 25.8 Å². The molecule has 1 aliphatic heterocycles. The third-order valence-corrected chi connectivity index (χ3v) is 4.62. The summed E-state index contributed by atoms with van der Waals surface area (Å²) in [6.07, 6.45) is 2.75. The maximum absolute atomic E-state index is 12.1. The number of nitrogens with one attached hydrogen (secondary N) is 2. The normalized spacial score (nSPS) is 17.3. The molecule has 0 aromatic heterocycles. The second-order valence-corrected chi connectivity index (χ2v) is 6.14. The standard InChI is InChI=1S/C19H24N2O2/c1-23-18-8-7-15-4-2-3-5-16(15)17(18)13-21-19(22)9-6-14-10-11-20-12-14/h2-5,7-8,14,20H,6,9-13H2,1H3,(H,21,22). The molecule has 1 amide bonds. The van der Waals surface area contributed by atoms with Crippen LogP contribution in [0.2, 0.25) is 0 Å². The number of amides is 1. The highest BCUT2D eigenvalue weighted by atomic mass is 16.5. The fraction of sp³-hybridized carbons (Fsp3) is 0.421. The molecule has 1 aliphatic rings. The number of carbonyl (C=O) groups is 1. The first-order valence-electron chi connectivity index (χ1n) is 8.30. The Morgan fingerprint density at radius 1 is 1.30 bits per heavy atom. The smallest absolute Gasteiger partial charge is 0.220 e. The Kier molecular flexibility index (Phi) is 5.13. The Labute approximate surface area is 137 Å². The minimum atomic E-state index is 0.117. The van der Waals surface area contributed by atoms with Crippen molar-refractivity contribution in [2.24, 2.45) is 5.92 Å². The van der Waals surface area contributed by atoms with Gasteiger partial charge in [-0.1, -0.05) is 30.3 Å². The van der Waals surface area contributed by atoms with Crippen molar-refractivity contribution >= 4 is 16.7 Å². The molecule has 23 heavy (non-hydrogen) atoms. The maximum atomic E-state index is 12.1. The van der Waals surface area contributed by atoms with Gasteiger partial charge in [0.2, 0.25) is 5.91 Å². The van der Waals surface area contributed by atoms with E-state index in [0.717, 1.165) is 41.6 Å². The Balaban J connectivity index is 1.64. The molecular formula is C19H24N2O2. The molecule has 122 valence electrons. The van der Waals surface area contributed by atoms with E-state index in [9.17, 15) is 4.79 Å². The van der Waals surface area contributed by atoms with Gasteiger partial charge in [0.1, 0.15) is 5.75 Å². The highest BCUT2D eigenvalue weighted by molar-refractivity contribution is 5.88. The number of hydrogen-bond donors (Lipinski definition) is 2. The average Bonchev–Trinajstić information content (AvgIpc) is 3.11. The van der Waals surface area contributed by atoms with E-state index in [1.165, 1.54) is 6.42 Å². The van der Waals surface area contributed by atoms with Crippen LogP contribution in [0.5, 0.6) is 5.75 Å². The fourth-order valence-electron chi connectivity index (χ4n) is 3.26. The van der Waals surface area contributed by atoms with Crippen LogP contribution in [0.4, 0.5) is 0 Å². The topological polar surface area (TPSA) is 50.4 Å². The minimum absolute atomic E-state index is 0.117. The van der Waals surface area contributed by atoms with Crippen LogP contribution < -0.4 is 15.4 Å². The van der Waals surface area contributed by atoms with Gasteiger partial charge in [-0.2, -0.15) is 0 Å². The summed E-state index contributed by atoms with van der Waals surface area (Å²) < 4.78 is 5.47. The lowest BCUT2D eigenvalue weighted by Crippen LogP contribution is -2.24. The van der Waals surface area contributed by atoms with Gasteiger partial charge in [0, 0.05) is 18.5 Å². The lowest BCUT2D eigenvalue weighted by Gasteiger charge is -2.13. The van der Waals surface area contributed by atoms with Crippen LogP contribution in [-0.2, 0) is 11.3 Å². The van der Waals surface area contributed by atoms with E-state index in [1.807, 2.05) is 24.3 Å². The molecule has 4 nitrogen and oxygen atoms in total. The van der Waals surface area contributed by atoms with Crippen LogP contribution >= 0.6 is 0 Å². The van der Waals surface area contributed by atoms with Crippen molar-refractivity contribution in [2.75, 3.05) is 20.2 Å². The van der Waals surface area contributed by atoms with Crippen LogP contribution in [0, 0.1) is 5.92 Å². The summed E-state index contributed by atoms with van der Waals surface area (Å²) >= 11 is 0. The highest BCUT2D eigenvalue weighted by Gasteiger charge is 2.16. The van der Waals surface area contributed by atoms with Crippen molar-refractivity contribution in [3.05, 3.63) is 42.0 Å². The number of hydrogen-bond acceptors (Lipinski definition) is 3. The first kappa shape index (κ1) is 15.8. The molecule has 4 heteroatoms. The Hall–Kier alpha value is -2.07. The SMILES string of the molecule is COc1ccc2ccccc2c1CNC(=O)CCC1CCNC1. The molecule has 1 unspecified atom stereocenters. The molecule has 2 N–H and O–H groups in total. The van der Waals surface area contributed by atoms with Gasteiger partial charge in [0.15, 0.2) is 0 Å². The first-order valence-corrected chi connectivity index (χ1v) is 8.30. The summed E-state index contributed by atoms with van der Waals surface area (Å²) in [4.78, 5) is 12.1. The molecule has 0 saturated carbocycles. The quantitative estimate of drug-likeness (QED) is 0.862. The predicted molar refractivity (Wildman–Crippen MR) is 92.6 cm³/mol. The van der Waals surface area contributed by atoms with E-state index in [2.05, 4.69) is 22.8 Å². The predicted octanol–water partition coefficient (Wildman–Crippen LogP) is 2.85. The third-order valence-electron chi connectivity index (χ3n) is 4.62. The van der Waals surface area contributed by atoms with Crippen molar-refractivity contribution in [3.8, 4) is 5.75 Å². The van der Waals surface area contributed by atoms with Crippen molar-refractivity contribution < 1.29 is 9.53 Å². The molecule has 1 saturated heterocycles. The number of rotatable bonds is 6. The lowest BCUT2D eigenvalue weighted by molar-refractivity contribution is -0.121. The molecule has 1 fully saturated rings. The summed E-state index contributed by atoms with van der Waals surface area (Å²) in [5.74, 6) is 1.59. The first-order chi connectivity index (χ1) is 11.3. The van der Waals surface area contributed by atoms with Gasteiger partial charge in [0.05, 0.1) is 7.11 Å². The van der Waals surface area contributed by atoms with E-state index in [0.29, 0.717) is 18.9 Å². The second-order valence-electron chi connectivity index (χ2n) is 6.14. The molecule has 2 aromatic carbocycles. The van der Waals surface area contributed by atoms with Crippen LogP contribution in [0.1, 0.15) is 24.8 Å². The molecule has 1 heterocycles. The van der Waals surface area contributed by atoms with Crippen LogP contribution in [0.25, 0.3) is 10.8 Å². The van der Waals surface area contributed by atoms with Crippen molar-refractivity contribution in [3.63, 3.8) is 0 Å². The number of ether oxygens (including phenoxy) is 1. The highest BCUT2D eigenvalue weighted by Crippen LogP contribution is 2.27. The van der Waals surface area contributed by atoms with Gasteiger partial charge in [-0.05, 0) is 48.7 Å². The van der Waals surface area contributed by atoms with E-state index in [-0.39, 0.29) is 5.91 Å². The van der Waals surface area contributed by atoms with Crippen LogP contribution in [-0.4, -0.2) is 26.1 Å². The van der Waals surface area contributed by atoms with Crippen molar-refractivity contribution in [1.82, 2.24) is 10.6 Å². The summed E-state index contributed by atoms with van der Waals surface area (Å²) in [7, 11) is 1.67. The molecule has 1 atom stereocenters. The maximum Gasteiger partial charge on any atom is 0.220 e. The number of benzene rings is 2. The van der Waals surface area contributed by atoms with Gasteiger partial charge in [-0.15, -0.1) is 0 Å². The van der Waals surface area contributed by atoms with Crippen LogP contribution in [0.3, 0.4) is 0 Å². The number of methoxy groups -OCH3 is 1. The molecule has 0 radical (unpaired) electrons. The summed E-state index contributed by atoms with van der Waals surface area (Å²) in [6, 6.07) is 12.2. The molecule has 0 aliphatic carbocycles. The fourth-order valence-corrected chi connectivity index (χ4v) is 3.26. The molecule has 3 rings (SSSR count). The Bertz CT molecular complexity index is 678. The zero-order chi connectivity index (χ0) is 16.1. The zero-order valence-electron chi connectivity index (χ0n) is 13.6. The lowest BCUT2D eigenvalue weighted by atomic mass is 10.0. The summed E-state index contributed by atoms with van der Waals surface area (Å²) in [6.45, 7) is 2.64. The number of carbonyl (C=O) groups excluding carboxylic acids is 1. The zero-order valence-corrected chi connectivity index (χ0v) is 13.6. The average molecular weight is 312 g/mol. The van der Waals surface area contributed by atoms with Gasteiger partial charge >= 0.3 is 0 Å². The molecule has 2 aromatic rings. The van der Waals surface area contributed by atoms with Crippen molar-refractivity contribution in [1.29, 1.82) is 0 Å². The molecule has 0 bridgehead atoms. The van der Waals surface area contributed by atoms with E-state index < -0.39 is 0 Å². The van der Waals surface area contributed by atoms with E-state index >= 15 is 0 Å². The van der Waals surface area contributed by atoms with Gasteiger partial charge in [-0.3, -0.25) is 4.79 Å². The van der Waals surface area contributed by atoms with Gasteiger partial charge in [-0.25, -0.2) is 0 Å². The van der Waals surface area contributed by atoms with E-state index in [1.54, 1.807) is 7.11 Å². The minimum Gasteiger partial charge on any atom is -0.496 e. The summed E-state index contributed by atoms with van der Waals surface area (Å²) in [5.41, 5.74) is 1.04. The molecule has 0 spiro atoms. The van der Waals surface area contributed by atoms with Crippen LogP contribution in [0.15, 0.2) is 36.4 Å². The monoisotopic (exact) mass is 312 g/mol. The summed E-state index contributed by atoms with van der Waals surface area (Å²) in [5, 5.41) is 8.68. The van der Waals surface area contributed by atoms with Gasteiger partial charge < -0.3 is 15.4 Å². The van der Waals surface area contributed by atoms with Gasteiger partial charge in [0.25, 0.3) is 0 Å². The Morgan fingerprint density at radius 3 is 2.96 bits per heavy atom. The third kappa shape index (κ3) is 3.82. The number of fused-ring (bicyclic) bond motifs is 1. The van der Waals surface area contributed by atoms with E-state index in [4.69, 9.17) is 4.74 Å². The largest absolute Gasteiger partial charge is 0.496 e. The Morgan fingerprint density at radius 2 is 2.17 bits per heavy atom. The molecular weight excluding hydrogens is 288 g/mol. The second kappa shape index (κ2) is 7.47.